The lowest BCUT2D eigenvalue weighted by Gasteiger charge is -2.35. The summed E-state index contributed by atoms with van der Waals surface area (Å²) in [6.07, 6.45) is 2.89. The predicted octanol–water partition coefficient (Wildman–Crippen LogP) is 0.728. The summed E-state index contributed by atoms with van der Waals surface area (Å²) in [6, 6.07) is 4.16. The van der Waals surface area contributed by atoms with Gasteiger partial charge in [0, 0.05) is 39.3 Å². The van der Waals surface area contributed by atoms with Gasteiger partial charge in [0.05, 0.1) is 5.69 Å². The maximum atomic E-state index is 4.34. The smallest absolute Gasteiger partial charge is 0.151 e. The second kappa shape index (κ2) is 5.84. The first-order valence-electron chi connectivity index (χ1n) is 7.29. The van der Waals surface area contributed by atoms with E-state index in [9.17, 15) is 0 Å². The molecule has 104 valence electrons. The van der Waals surface area contributed by atoms with Gasteiger partial charge in [0.2, 0.25) is 0 Å². The highest BCUT2D eigenvalue weighted by Gasteiger charge is 2.26. The fourth-order valence-corrected chi connectivity index (χ4v) is 2.62. The van der Waals surface area contributed by atoms with E-state index in [4.69, 9.17) is 0 Å². The van der Waals surface area contributed by atoms with Crippen LogP contribution in [0.2, 0.25) is 0 Å². The molecule has 2 heterocycles. The van der Waals surface area contributed by atoms with Crippen LogP contribution in [0.25, 0.3) is 0 Å². The van der Waals surface area contributed by atoms with Crippen molar-refractivity contribution in [2.45, 2.75) is 19.4 Å². The van der Waals surface area contributed by atoms with Gasteiger partial charge in [0.1, 0.15) is 0 Å². The minimum atomic E-state index is 0.780. The van der Waals surface area contributed by atoms with Gasteiger partial charge in [-0.1, -0.05) is 0 Å². The highest BCUT2D eigenvalue weighted by Crippen LogP contribution is 2.30. The minimum Gasteiger partial charge on any atom is -0.353 e. The zero-order valence-electron chi connectivity index (χ0n) is 11.7. The van der Waals surface area contributed by atoms with Crippen molar-refractivity contribution in [3.63, 3.8) is 0 Å². The summed E-state index contributed by atoms with van der Waals surface area (Å²) in [5.41, 5.74) is 0.999. The van der Waals surface area contributed by atoms with E-state index in [1.807, 2.05) is 7.05 Å². The molecule has 5 heteroatoms. The molecule has 0 atom stereocenters. The van der Waals surface area contributed by atoms with E-state index < -0.39 is 0 Å². The van der Waals surface area contributed by atoms with Gasteiger partial charge in [-0.3, -0.25) is 4.90 Å². The van der Waals surface area contributed by atoms with E-state index in [1.54, 1.807) is 0 Å². The zero-order chi connectivity index (χ0) is 13.1. The Morgan fingerprint density at radius 1 is 1.16 bits per heavy atom. The van der Waals surface area contributed by atoms with E-state index in [2.05, 4.69) is 37.4 Å². The average molecular weight is 261 g/mol. The lowest BCUT2D eigenvalue weighted by Crippen LogP contribution is -2.47. The number of nitrogens with one attached hydrogen (secondary N) is 1. The second-order valence-electron chi connectivity index (χ2n) is 5.64. The molecule has 0 amide bonds. The molecule has 3 rings (SSSR count). The molecule has 0 bridgehead atoms. The number of anilines is 1. The largest absolute Gasteiger partial charge is 0.353 e. The standard InChI is InChI=1S/C14H23N5/c1-15-10-13-4-5-14(17-16-13)19-8-6-18(7-9-19)11-12-2-3-12/h4-5,12,15H,2-3,6-11H2,1H3. The van der Waals surface area contributed by atoms with E-state index in [1.165, 1.54) is 19.4 Å². The van der Waals surface area contributed by atoms with Gasteiger partial charge in [-0.05, 0) is 37.9 Å². The zero-order valence-corrected chi connectivity index (χ0v) is 11.7. The van der Waals surface area contributed by atoms with Gasteiger partial charge in [-0.2, -0.15) is 5.10 Å². The van der Waals surface area contributed by atoms with E-state index in [-0.39, 0.29) is 0 Å². The number of piperazine rings is 1. The SMILES string of the molecule is CNCc1ccc(N2CCN(CC3CC3)CC2)nn1. The van der Waals surface area contributed by atoms with Crippen LogP contribution in [-0.2, 0) is 6.54 Å². The number of aromatic nitrogens is 2. The number of hydrogen-bond acceptors (Lipinski definition) is 5. The van der Waals surface area contributed by atoms with Crippen LogP contribution in [0.5, 0.6) is 0 Å². The van der Waals surface area contributed by atoms with Crippen LogP contribution in [0.3, 0.4) is 0 Å². The molecule has 1 N–H and O–H groups in total. The third-order valence-corrected chi connectivity index (χ3v) is 3.97. The van der Waals surface area contributed by atoms with Crippen molar-refractivity contribution >= 4 is 5.82 Å². The highest BCUT2D eigenvalue weighted by atomic mass is 15.3. The Balaban J connectivity index is 1.52. The molecule has 1 aromatic heterocycles. The summed E-state index contributed by atoms with van der Waals surface area (Å²) in [5.74, 6) is 2.01. The fraction of sp³-hybridized carbons (Fsp3) is 0.714. The quantitative estimate of drug-likeness (QED) is 0.846. The van der Waals surface area contributed by atoms with Crippen LogP contribution in [0, 0.1) is 5.92 Å². The van der Waals surface area contributed by atoms with E-state index >= 15 is 0 Å². The average Bonchev–Trinajstić information content (AvgIpc) is 3.25. The Morgan fingerprint density at radius 3 is 2.53 bits per heavy atom. The van der Waals surface area contributed by atoms with E-state index in [0.717, 1.165) is 50.2 Å². The highest BCUT2D eigenvalue weighted by molar-refractivity contribution is 5.37. The molecule has 0 aromatic carbocycles. The first-order valence-corrected chi connectivity index (χ1v) is 7.29. The van der Waals surface area contributed by atoms with Crippen LogP contribution < -0.4 is 10.2 Å². The van der Waals surface area contributed by atoms with Crippen molar-refractivity contribution in [3.05, 3.63) is 17.8 Å². The van der Waals surface area contributed by atoms with Crippen LogP contribution in [-0.4, -0.2) is 54.9 Å². The minimum absolute atomic E-state index is 0.780. The molecule has 0 unspecified atom stereocenters. The molecule has 0 spiro atoms. The lowest BCUT2D eigenvalue weighted by atomic mass is 10.2. The molecule has 2 aliphatic rings. The van der Waals surface area contributed by atoms with Gasteiger partial charge in [0.25, 0.3) is 0 Å². The molecule has 2 fully saturated rings. The number of nitrogens with zero attached hydrogens (tertiary/aromatic N) is 4. The molecule has 1 aliphatic heterocycles. The van der Waals surface area contributed by atoms with Gasteiger partial charge in [-0.25, -0.2) is 0 Å². The first kappa shape index (κ1) is 12.8. The van der Waals surface area contributed by atoms with Crippen LogP contribution in [0.1, 0.15) is 18.5 Å². The van der Waals surface area contributed by atoms with Crippen molar-refractivity contribution < 1.29 is 0 Å². The van der Waals surface area contributed by atoms with Crippen molar-refractivity contribution in [2.75, 3.05) is 44.7 Å². The molecule has 1 saturated carbocycles. The predicted molar refractivity (Wildman–Crippen MR) is 76.2 cm³/mol. The van der Waals surface area contributed by atoms with Crippen LogP contribution >= 0.6 is 0 Å². The molecule has 5 nitrogen and oxygen atoms in total. The van der Waals surface area contributed by atoms with Crippen molar-refractivity contribution in [1.29, 1.82) is 0 Å². The lowest BCUT2D eigenvalue weighted by molar-refractivity contribution is 0.247. The summed E-state index contributed by atoms with van der Waals surface area (Å²) in [6.45, 7) is 6.56. The van der Waals surface area contributed by atoms with Gasteiger partial charge < -0.3 is 10.2 Å². The summed E-state index contributed by atoms with van der Waals surface area (Å²) in [5, 5.41) is 11.7. The summed E-state index contributed by atoms with van der Waals surface area (Å²) in [7, 11) is 1.93. The molecule has 1 aromatic rings. The Kier molecular flexibility index (Phi) is 3.94. The first-order chi connectivity index (χ1) is 9.35. The topological polar surface area (TPSA) is 44.3 Å². The molecular formula is C14H23N5. The van der Waals surface area contributed by atoms with Crippen molar-refractivity contribution in [3.8, 4) is 0 Å². The van der Waals surface area contributed by atoms with Gasteiger partial charge in [0.15, 0.2) is 5.82 Å². The Bertz CT molecular complexity index is 393. The third kappa shape index (κ3) is 3.42. The second-order valence-corrected chi connectivity index (χ2v) is 5.64. The summed E-state index contributed by atoms with van der Waals surface area (Å²) >= 11 is 0. The maximum absolute atomic E-state index is 4.34. The summed E-state index contributed by atoms with van der Waals surface area (Å²) in [4.78, 5) is 4.94. The van der Waals surface area contributed by atoms with Gasteiger partial charge in [-0.15, -0.1) is 5.10 Å². The number of rotatable bonds is 5. The fourth-order valence-electron chi connectivity index (χ4n) is 2.62. The monoisotopic (exact) mass is 261 g/mol. The number of hydrogen-bond donors (Lipinski definition) is 1. The van der Waals surface area contributed by atoms with E-state index in [0.29, 0.717) is 0 Å². The Labute approximate surface area is 115 Å². The van der Waals surface area contributed by atoms with Crippen LogP contribution in [0.4, 0.5) is 5.82 Å². The molecular weight excluding hydrogens is 238 g/mol. The normalized spacial score (nSPS) is 20.8. The molecule has 19 heavy (non-hydrogen) atoms. The van der Waals surface area contributed by atoms with Gasteiger partial charge >= 0.3 is 0 Å². The molecule has 0 radical (unpaired) electrons. The summed E-state index contributed by atoms with van der Waals surface area (Å²) < 4.78 is 0. The Morgan fingerprint density at radius 2 is 1.95 bits per heavy atom. The van der Waals surface area contributed by atoms with Crippen molar-refractivity contribution in [2.24, 2.45) is 5.92 Å². The molecule has 1 saturated heterocycles. The third-order valence-electron chi connectivity index (χ3n) is 3.97. The Hall–Kier alpha value is -1.20. The maximum Gasteiger partial charge on any atom is 0.151 e. The molecule has 1 aliphatic carbocycles. The van der Waals surface area contributed by atoms with Crippen molar-refractivity contribution in [1.82, 2.24) is 20.4 Å². The van der Waals surface area contributed by atoms with Crippen LogP contribution in [0.15, 0.2) is 12.1 Å².